The molecule has 1 fully saturated rings. The molecule has 2 atom stereocenters. The number of nitrogens with zero attached hydrogens (tertiary/aromatic N) is 1. The molecule has 0 bridgehead atoms. The predicted molar refractivity (Wildman–Crippen MR) is 124 cm³/mol. The Bertz CT molecular complexity index is 1050. The minimum Gasteiger partial charge on any atom is -0.444 e. The van der Waals surface area contributed by atoms with Crippen molar-refractivity contribution in [1.82, 2.24) is 10.2 Å². The zero-order chi connectivity index (χ0) is 25.3. The first-order valence-corrected chi connectivity index (χ1v) is 11.4. The summed E-state index contributed by atoms with van der Waals surface area (Å²) in [5, 5.41) is 2.90. The topological polar surface area (TPSA) is 58.6 Å². The van der Waals surface area contributed by atoms with E-state index < -0.39 is 40.4 Å². The number of likely N-dealkylation sites (tertiary alicyclic amines) is 1. The van der Waals surface area contributed by atoms with Gasteiger partial charge in [0, 0.05) is 35.6 Å². The van der Waals surface area contributed by atoms with Crippen LogP contribution in [0.2, 0.25) is 10.0 Å². The Hall–Kier alpha value is -2.45. The molecule has 10 heteroatoms. The van der Waals surface area contributed by atoms with Crippen LogP contribution in [0.4, 0.5) is 18.0 Å². The molecule has 5 nitrogen and oxygen atoms in total. The normalized spacial score (nSPS) is 19.0. The number of ether oxygens (including phenoxy) is 1. The molecular weight excluding hydrogens is 492 g/mol. The number of rotatable bonds is 3. The van der Waals surface area contributed by atoms with E-state index in [0.29, 0.717) is 18.0 Å². The highest BCUT2D eigenvalue weighted by Gasteiger charge is 2.37. The van der Waals surface area contributed by atoms with Gasteiger partial charge in [-0.3, -0.25) is 4.79 Å². The highest BCUT2D eigenvalue weighted by molar-refractivity contribution is 6.31. The lowest BCUT2D eigenvalue weighted by atomic mass is 9.86. The molecule has 0 radical (unpaired) electrons. The Morgan fingerprint density at radius 2 is 1.71 bits per heavy atom. The van der Waals surface area contributed by atoms with Gasteiger partial charge in [0.1, 0.15) is 5.60 Å². The van der Waals surface area contributed by atoms with E-state index in [4.69, 9.17) is 27.9 Å². The molecule has 0 aromatic heterocycles. The lowest BCUT2D eigenvalue weighted by Crippen LogP contribution is -2.52. The average molecular weight is 517 g/mol. The molecular formula is C24H25Cl2F3N2O3. The minimum atomic E-state index is -4.68. The number of hydrogen-bond acceptors (Lipinski definition) is 3. The van der Waals surface area contributed by atoms with E-state index in [0.717, 1.165) is 17.7 Å². The highest BCUT2D eigenvalue weighted by Crippen LogP contribution is 2.35. The molecule has 2 aromatic carbocycles. The van der Waals surface area contributed by atoms with Crippen LogP contribution in [0.15, 0.2) is 42.5 Å². The van der Waals surface area contributed by atoms with Crippen LogP contribution < -0.4 is 5.32 Å². The molecule has 0 unspecified atom stereocenters. The highest BCUT2D eigenvalue weighted by atomic mass is 35.5. The van der Waals surface area contributed by atoms with Crippen LogP contribution in [0.25, 0.3) is 0 Å². The molecule has 1 saturated heterocycles. The summed E-state index contributed by atoms with van der Waals surface area (Å²) in [4.78, 5) is 27.1. The van der Waals surface area contributed by atoms with Crippen LogP contribution in [0.5, 0.6) is 0 Å². The maximum absolute atomic E-state index is 13.2. The first-order chi connectivity index (χ1) is 15.7. The summed E-state index contributed by atoms with van der Waals surface area (Å²) in [5.74, 6) is -0.978. The third kappa shape index (κ3) is 6.57. The van der Waals surface area contributed by atoms with E-state index in [1.807, 2.05) is 0 Å². The summed E-state index contributed by atoms with van der Waals surface area (Å²) in [6.07, 6.45) is -4.76. The van der Waals surface area contributed by atoms with Gasteiger partial charge in [0.05, 0.1) is 10.6 Å². The van der Waals surface area contributed by atoms with E-state index in [9.17, 15) is 22.8 Å². The van der Waals surface area contributed by atoms with Gasteiger partial charge in [-0.15, -0.1) is 0 Å². The fraction of sp³-hybridized carbons (Fsp3) is 0.417. The van der Waals surface area contributed by atoms with Crippen LogP contribution in [-0.2, 0) is 10.9 Å². The Labute approximate surface area is 206 Å². The number of carbonyl (C=O) groups is 2. The van der Waals surface area contributed by atoms with Crippen molar-refractivity contribution >= 4 is 35.2 Å². The Morgan fingerprint density at radius 3 is 2.29 bits per heavy atom. The van der Waals surface area contributed by atoms with E-state index in [-0.39, 0.29) is 18.0 Å². The van der Waals surface area contributed by atoms with E-state index in [1.165, 1.54) is 6.07 Å². The standard InChI is InChI=1S/C24H25Cl2F3N2O3/c1-23(2,3)34-22(33)31-11-10-20(17(13-31)14-4-7-16(25)8-5-14)30-21(32)15-6-9-19(26)18(12-15)24(27,28)29/h4-9,12,17,20H,10-11,13H2,1-3H3,(H,30,32)/t17-,20+/m0/s1. The van der Waals surface area contributed by atoms with Crippen molar-refractivity contribution in [3.05, 3.63) is 69.2 Å². The summed E-state index contributed by atoms with van der Waals surface area (Å²) >= 11 is 11.7. The summed E-state index contributed by atoms with van der Waals surface area (Å²) in [5.41, 5.74) is -1.06. The molecule has 2 aromatic rings. The number of amides is 2. The molecule has 34 heavy (non-hydrogen) atoms. The monoisotopic (exact) mass is 516 g/mol. The van der Waals surface area contributed by atoms with E-state index >= 15 is 0 Å². The van der Waals surface area contributed by atoms with Gasteiger partial charge >= 0.3 is 12.3 Å². The van der Waals surface area contributed by atoms with Gasteiger partial charge < -0.3 is 15.0 Å². The van der Waals surface area contributed by atoms with Gasteiger partial charge in [-0.1, -0.05) is 35.3 Å². The smallest absolute Gasteiger partial charge is 0.417 e. The number of nitrogens with one attached hydrogen (secondary N) is 1. The fourth-order valence-electron chi connectivity index (χ4n) is 3.80. The molecule has 0 saturated carbocycles. The van der Waals surface area contributed by atoms with Crippen molar-refractivity contribution in [2.24, 2.45) is 0 Å². The molecule has 184 valence electrons. The van der Waals surface area contributed by atoms with Crippen molar-refractivity contribution in [2.45, 2.75) is 50.9 Å². The van der Waals surface area contributed by atoms with Gasteiger partial charge in [-0.05, 0) is 63.1 Å². The molecule has 0 aliphatic carbocycles. The summed E-state index contributed by atoms with van der Waals surface area (Å²) in [6.45, 7) is 5.90. The van der Waals surface area contributed by atoms with Crippen LogP contribution in [0, 0.1) is 0 Å². The van der Waals surface area contributed by atoms with Crippen molar-refractivity contribution in [1.29, 1.82) is 0 Å². The predicted octanol–water partition coefficient (Wildman–Crippen LogP) is 6.54. The van der Waals surface area contributed by atoms with Gasteiger partial charge in [0.15, 0.2) is 0 Å². The maximum Gasteiger partial charge on any atom is 0.417 e. The van der Waals surface area contributed by atoms with E-state index in [2.05, 4.69) is 5.32 Å². The number of hydrogen-bond donors (Lipinski definition) is 1. The molecule has 2 amide bonds. The van der Waals surface area contributed by atoms with Crippen molar-refractivity contribution in [3.8, 4) is 0 Å². The third-order valence-electron chi connectivity index (χ3n) is 5.41. The summed E-state index contributed by atoms with van der Waals surface area (Å²) < 4.78 is 45.2. The fourth-order valence-corrected chi connectivity index (χ4v) is 4.15. The molecule has 1 aliphatic heterocycles. The first kappa shape index (κ1) is 26.2. The number of piperidine rings is 1. The zero-order valence-electron chi connectivity index (χ0n) is 18.9. The zero-order valence-corrected chi connectivity index (χ0v) is 20.4. The SMILES string of the molecule is CC(C)(C)OC(=O)N1CC[C@@H](NC(=O)c2ccc(Cl)c(C(F)(F)F)c2)[C@H](c2ccc(Cl)cc2)C1. The van der Waals surface area contributed by atoms with Crippen LogP contribution >= 0.6 is 23.2 Å². The van der Waals surface area contributed by atoms with Crippen LogP contribution in [-0.4, -0.2) is 41.6 Å². The number of alkyl halides is 3. The van der Waals surface area contributed by atoms with Crippen molar-refractivity contribution < 1.29 is 27.5 Å². The summed E-state index contributed by atoms with van der Waals surface area (Å²) in [7, 11) is 0. The number of benzene rings is 2. The second-order valence-electron chi connectivity index (χ2n) is 9.15. The van der Waals surface area contributed by atoms with Gasteiger partial charge in [-0.25, -0.2) is 4.79 Å². The van der Waals surface area contributed by atoms with Crippen LogP contribution in [0.1, 0.15) is 54.6 Å². The number of carbonyl (C=O) groups excluding carboxylic acids is 2. The molecule has 0 spiro atoms. The quantitative estimate of drug-likeness (QED) is 0.504. The second kappa shape index (κ2) is 10.0. The summed E-state index contributed by atoms with van der Waals surface area (Å²) in [6, 6.07) is 9.63. The maximum atomic E-state index is 13.2. The second-order valence-corrected chi connectivity index (χ2v) is 9.99. The molecule has 3 rings (SSSR count). The molecule has 1 N–H and O–H groups in total. The van der Waals surface area contributed by atoms with Crippen LogP contribution in [0.3, 0.4) is 0 Å². The minimum absolute atomic E-state index is 0.152. The Kier molecular flexibility index (Phi) is 7.72. The largest absolute Gasteiger partial charge is 0.444 e. The lowest BCUT2D eigenvalue weighted by molar-refractivity contribution is -0.137. The molecule has 1 aliphatic rings. The third-order valence-corrected chi connectivity index (χ3v) is 5.99. The Balaban J connectivity index is 1.84. The average Bonchev–Trinajstić information content (AvgIpc) is 2.73. The first-order valence-electron chi connectivity index (χ1n) is 10.7. The molecule has 1 heterocycles. The Morgan fingerprint density at radius 1 is 1.06 bits per heavy atom. The number of halogens is 5. The van der Waals surface area contributed by atoms with E-state index in [1.54, 1.807) is 49.9 Å². The van der Waals surface area contributed by atoms with Gasteiger partial charge in [0.2, 0.25) is 0 Å². The lowest BCUT2D eigenvalue weighted by Gasteiger charge is -2.39. The van der Waals surface area contributed by atoms with Gasteiger partial charge in [-0.2, -0.15) is 13.2 Å². The van der Waals surface area contributed by atoms with Crippen molar-refractivity contribution in [2.75, 3.05) is 13.1 Å². The van der Waals surface area contributed by atoms with Gasteiger partial charge in [0.25, 0.3) is 5.91 Å². The van der Waals surface area contributed by atoms with Crippen molar-refractivity contribution in [3.63, 3.8) is 0 Å².